The number of thiazole rings is 1. The van der Waals surface area contributed by atoms with Gasteiger partial charge in [-0.05, 0) is 12.1 Å². The fraction of sp³-hybridized carbons (Fsp3) is 0.364. The number of thiophene rings is 1. The lowest BCUT2D eigenvalue weighted by Gasteiger charge is -2.25. The van der Waals surface area contributed by atoms with Crippen molar-refractivity contribution in [2.24, 2.45) is 0 Å². The highest BCUT2D eigenvalue weighted by atomic mass is 35.5. The second kappa shape index (κ2) is 5.18. The molecule has 0 unspecified atom stereocenters. The third-order valence-corrected chi connectivity index (χ3v) is 5.70. The first-order valence-corrected chi connectivity index (χ1v) is 8.60. The lowest BCUT2D eigenvalue weighted by Crippen LogP contribution is -2.32. The molecule has 1 fully saturated rings. The highest BCUT2D eigenvalue weighted by Crippen LogP contribution is 2.34. The van der Waals surface area contributed by atoms with Gasteiger partial charge >= 0.3 is 0 Å². The fourth-order valence-corrected chi connectivity index (χ4v) is 4.59. The molecule has 0 saturated carbocycles. The number of rotatable bonds is 2. The van der Waals surface area contributed by atoms with Crippen LogP contribution in [-0.2, 0) is 0 Å². The summed E-state index contributed by atoms with van der Waals surface area (Å²) >= 11 is 11.3. The molecule has 0 amide bonds. The van der Waals surface area contributed by atoms with Gasteiger partial charge in [0, 0.05) is 30.0 Å². The summed E-state index contributed by atoms with van der Waals surface area (Å²) in [6.45, 7) is 2.23. The zero-order valence-electron chi connectivity index (χ0n) is 9.06. The van der Waals surface area contributed by atoms with E-state index < -0.39 is 0 Å². The molecule has 0 aromatic carbocycles. The Morgan fingerprint density at radius 2 is 2.06 bits per heavy atom. The monoisotopic (exact) mass is 302 g/mol. The first-order valence-electron chi connectivity index (χ1n) is 5.37. The molecular formula is C11H11ClN2S3. The second-order valence-corrected chi connectivity index (χ2v) is 7.49. The number of anilines is 1. The smallest absolute Gasteiger partial charge is 0.185 e. The van der Waals surface area contributed by atoms with Gasteiger partial charge in [0.2, 0.25) is 0 Å². The highest BCUT2D eigenvalue weighted by molar-refractivity contribution is 7.99. The van der Waals surface area contributed by atoms with Crippen LogP contribution in [0.5, 0.6) is 0 Å². The minimum Gasteiger partial charge on any atom is -0.346 e. The van der Waals surface area contributed by atoms with Gasteiger partial charge in [0.1, 0.15) is 0 Å². The van der Waals surface area contributed by atoms with Crippen molar-refractivity contribution in [3.8, 4) is 10.6 Å². The molecule has 0 radical (unpaired) electrons. The molecule has 2 aromatic heterocycles. The molecule has 3 rings (SSSR count). The summed E-state index contributed by atoms with van der Waals surface area (Å²) in [5.41, 5.74) is 1.06. The molecule has 1 aliphatic rings. The van der Waals surface area contributed by atoms with Gasteiger partial charge in [0.15, 0.2) is 5.13 Å². The molecule has 2 nitrogen and oxygen atoms in total. The van der Waals surface area contributed by atoms with Crippen LogP contribution in [0.2, 0.25) is 4.34 Å². The predicted molar refractivity (Wildman–Crippen MR) is 80.0 cm³/mol. The Morgan fingerprint density at radius 3 is 2.76 bits per heavy atom. The van der Waals surface area contributed by atoms with Crippen molar-refractivity contribution in [1.82, 2.24) is 4.98 Å². The topological polar surface area (TPSA) is 16.1 Å². The van der Waals surface area contributed by atoms with Gasteiger partial charge in [-0.1, -0.05) is 11.6 Å². The Morgan fingerprint density at radius 1 is 1.24 bits per heavy atom. The zero-order valence-corrected chi connectivity index (χ0v) is 12.3. The van der Waals surface area contributed by atoms with Crippen LogP contribution in [0.25, 0.3) is 10.6 Å². The number of aromatic nitrogens is 1. The average molecular weight is 303 g/mol. The second-order valence-electron chi connectivity index (χ2n) is 3.72. The maximum atomic E-state index is 5.95. The standard InChI is InChI=1S/C11H11ClN2S3/c12-10-2-1-9(17-10)8-7-16-11(13-8)14-3-5-15-6-4-14/h1-2,7H,3-6H2. The van der Waals surface area contributed by atoms with Gasteiger partial charge in [-0.2, -0.15) is 11.8 Å². The molecule has 1 saturated heterocycles. The van der Waals surface area contributed by atoms with Crippen molar-refractivity contribution in [3.05, 3.63) is 21.8 Å². The number of hydrogen-bond acceptors (Lipinski definition) is 5. The van der Waals surface area contributed by atoms with E-state index in [1.54, 1.807) is 22.7 Å². The normalized spacial score (nSPS) is 16.4. The maximum absolute atomic E-state index is 5.95. The third kappa shape index (κ3) is 2.62. The van der Waals surface area contributed by atoms with Crippen LogP contribution in [0.3, 0.4) is 0 Å². The van der Waals surface area contributed by atoms with Gasteiger partial charge in [0.05, 0.1) is 14.9 Å². The first-order chi connectivity index (χ1) is 8.33. The third-order valence-electron chi connectivity index (χ3n) is 2.60. The minimum absolute atomic E-state index is 0.823. The molecular weight excluding hydrogens is 292 g/mol. The van der Waals surface area contributed by atoms with Crippen molar-refractivity contribution in [3.63, 3.8) is 0 Å². The Bertz CT molecular complexity index is 502. The molecule has 0 N–H and O–H groups in total. The van der Waals surface area contributed by atoms with Crippen LogP contribution in [-0.4, -0.2) is 29.6 Å². The highest BCUT2D eigenvalue weighted by Gasteiger charge is 2.15. The molecule has 0 bridgehead atoms. The number of thioether (sulfide) groups is 1. The quantitative estimate of drug-likeness (QED) is 0.831. The Balaban J connectivity index is 1.82. The number of nitrogens with zero attached hydrogens (tertiary/aromatic N) is 2. The summed E-state index contributed by atoms with van der Waals surface area (Å²) in [5.74, 6) is 2.42. The van der Waals surface area contributed by atoms with E-state index >= 15 is 0 Å². The van der Waals surface area contributed by atoms with E-state index in [4.69, 9.17) is 16.6 Å². The van der Waals surface area contributed by atoms with E-state index in [-0.39, 0.29) is 0 Å². The van der Waals surface area contributed by atoms with Crippen LogP contribution >= 0.6 is 46.0 Å². The Kier molecular flexibility index (Phi) is 3.61. The lowest BCUT2D eigenvalue weighted by atomic mass is 10.4. The molecule has 1 aliphatic heterocycles. The summed E-state index contributed by atoms with van der Waals surface area (Å²) in [4.78, 5) is 8.24. The van der Waals surface area contributed by atoms with E-state index in [0.29, 0.717) is 0 Å². The van der Waals surface area contributed by atoms with E-state index in [1.807, 2.05) is 23.9 Å². The van der Waals surface area contributed by atoms with Crippen molar-refractivity contribution < 1.29 is 0 Å². The van der Waals surface area contributed by atoms with Crippen LogP contribution < -0.4 is 4.90 Å². The fourth-order valence-electron chi connectivity index (χ4n) is 1.73. The van der Waals surface area contributed by atoms with E-state index in [9.17, 15) is 0 Å². The van der Waals surface area contributed by atoms with Crippen LogP contribution in [0.4, 0.5) is 5.13 Å². The van der Waals surface area contributed by atoms with Crippen molar-refractivity contribution in [2.75, 3.05) is 29.5 Å². The van der Waals surface area contributed by atoms with Gasteiger partial charge in [0.25, 0.3) is 0 Å². The van der Waals surface area contributed by atoms with Gasteiger partial charge in [-0.15, -0.1) is 22.7 Å². The van der Waals surface area contributed by atoms with Gasteiger partial charge in [-0.25, -0.2) is 4.98 Å². The Hall–Kier alpha value is -0.230. The van der Waals surface area contributed by atoms with Crippen LogP contribution in [0.15, 0.2) is 17.5 Å². The van der Waals surface area contributed by atoms with E-state index in [2.05, 4.69) is 10.3 Å². The summed E-state index contributed by atoms with van der Waals surface area (Å²) < 4.78 is 0.823. The molecule has 0 spiro atoms. The lowest BCUT2D eigenvalue weighted by molar-refractivity contribution is 0.853. The summed E-state index contributed by atoms with van der Waals surface area (Å²) in [6.07, 6.45) is 0. The maximum Gasteiger partial charge on any atom is 0.185 e. The largest absolute Gasteiger partial charge is 0.346 e. The Labute approximate surface area is 118 Å². The van der Waals surface area contributed by atoms with E-state index in [1.165, 1.54) is 11.5 Å². The molecule has 2 aromatic rings. The van der Waals surface area contributed by atoms with Crippen molar-refractivity contribution in [2.45, 2.75) is 0 Å². The summed E-state index contributed by atoms with van der Waals surface area (Å²) in [7, 11) is 0. The van der Waals surface area contributed by atoms with Gasteiger partial charge < -0.3 is 4.90 Å². The first kappa shape index (κ1) is 11.8. The van der Waals surface area contributed by atoms with Crippen LogP contribution in [0, 0.1) is 0 Å². The zero-order chi connectivity index (χ0) is 11.7. The van der Waals surface area contributed by atoms with Crippen LogP contribution in [0.1, 0.15) is 0 Å². The molecule has 3 heterocycles. The summed E-state index contributed by atoms with van der Waals surface area (Å²) in [6, 6.07) is 3.97. The summed E-state index contributed by atoms with van der Waals surface area (Å²) in [5, 5.41) is 3.27. The number of hydrogen-bond donors (Lipinski definition) is 0. The number of halogens is 1. The van der Waals surface area contributed by atoms with Crippen molar-refractivity contribution >= 4 is 51.2 Å². The minimum atomic E-state index is 0.823. The average Bonchev–Trinajstić information content (AvgIpc) is 2.98. The molecule has 0 aliphatic carbocycles. The molecule has 6 heteroatoms. The van der Waals surface area contributed by atoms with Gasteiger partial charge in [-0.3, -0.25) is 0 Å². The predicted octanol–water partition coefficient (Wildman–Crippen LogP) is 4.08. The SMILES string of the molecule is Clc1ccc(-c2csc(N3CCSCC3)n2)s1. The molecule has 17 heavy (non-hydrogen) atoms. The van der Waals surface area contributed by atoms with E-state index in [0.717, 1.165) is 33.1 Å². The molecule has 0 atom stereocenters. The van der Waals surface area contributed by atoms with Crippen molar-refractivity contribution in [1.29, 1.82) is 0 Å². The molecule has 90 valence electrons.